The first-order valence-corrected chi connectivity index (χ1v) is 12.5. The van der Waals surface area contributed by atoms with Gasteiger partial charge in [-0.1, -0.05) is 51.1 Å². The van der Waals surface area contributed by atoms with Crippen LogP contribution < -0.4 is 14.6 Å². The van der Waals surface area contributed by atoms with Crippen LogP contribution in [0.25, 0.3) is 11.1 Å². The third-order valence-electron chi connectivity index (χ3n) is 6.62. The Hall–Kier alpha value is -3.34. The van der Waals surface area contributed by atoms with Gasteiger partial charge in [-0.05, 0) is 95.5 Å². The van der Waals surface area contributed by atoms with Crippen molar-refractivity contribution in [1.29, 1.82) is 0 Å². The largest absolute Gasteiger partial charge is 0.550 e. The van der Waals surface area contributed by atoms with Crippen molar-refractivity contribution in [3.8, 4) is 22.6 Å². The number of carbonyl (C=O) groups excluding carboxylic acids is 1. The van der Waals surface area contributed by atoms with Gasteiger partial charge in [0.2, 0.25) is 0 Å². The molecule has 0 radical (unpaired) electrons. The van der Waals surface area contributed by atoms with Gasteiger partial charge < -0.3 is 19.4 Å². The van der Waals surface area contributed by atoms with E-state index in [2.05, 4.69) is 20.8 Å². The smallest absolute Gasteiger partial charge is 0.131 e. The standard InChI is InChI=1S/C31H35FO4/c1-31(2,3)18-23-15-25(10-12-26(23)28-16-24(35-4)11-13-29(28)32)36-19-20-6-5-7-22(14-20)27(17-30(33)34)21-8-9-21/h5-7,10-16,21,27H,8-9,17-19H2,1-4H3,(H,33,34)/p-1. The Morgan fingerprint density at radius 3 is 2.44 bits per heavy atom. The van der Waals surface area contributed by atoms with E-state index in [9.17, 15) is 14.3 Å². The van der Waals surface area contributed by atoms with Crippen LogP contribution in [0.4, 0.5) is 4.39 Å². The van der Waals surface area contributed by atoms with E-state index >= 15 is 0 Å². The summed E-state index contributed by atoms with van der Waals surface area (Å²) in [4.78, 5) is 11.3. The zero-order valence-electron chi connectivity index (χ0n) is 21.5. The molecule has 0 saturated heterocycles. The fourth-order valence-corrected chi connectivity index (χ4v) is 4.79. The number of carbonyl (C=O) groups is 1. The molecule has 3 aromatic rings. The summed E-state index contributed by atoms with van der Waals surface area (Å²) in [6, 6.07) is 18.5. The average molecular weight is 490 g/mol. The SMILES string of the molecule is COc1ccc(F)c(-c2ccc(OCc3cccc(C(CC(=O)[O-])C4CC4)c3)cc2CC(C)(C)C)c1. The van der Waals surface area contributed by atoms with Gasteiger partial charge in [0, 0.05) is 11.5 Å². The maximum Gasteiger partial charge on any atom is 0.131 e. The van der Waals surface area contributed by atoms with E-state index in [0.29, 0.717) is 29.6 Å². The van der Waals surface area contributed by atoms with E-state index in [0.717, 1.165) is 41.5 Å². The van der Waals surface area contributed by atoms with E-state index < -0.39 is 5.97 Å². The molecular formula is C31H34FO4-. The topological polar surface area (TPSA) is 58.6 Å². The molecule has 1 aliphatic rings. The normalized spacial score (nSPS) is 14.4. The number of aliphatic carboxylic acids is 1. The minimum Gasteiger partial charge on any atom is -0.550 e. The van der Waals surface area contributed by atoms with Gasteiger partial charge in [0.25, 0.3) is 0 Å². The molecule has 5 heteroatoms. The summed E-state index contributed by atoms with van der Waals surface area (Å²) in [6.07, 6.45) is 2.93. The number of hydrogen-bond acceptors (Lipinski definition) is 4. The Bertz CT molecular complexity index is 1220. The molecule has 1 saturated carbocycles. The van der Waals surface area contributed by atoms with E-state index in [-0.39, 0.29) is 23.6 Å². The lowest BCUT2D eigenvalue weighted by Gasteiger charge is -2.22. The number of ether oxygens (including phenoxy) is 2. The van der Waals surface area contributed by atoms with Gasteiger partial charge >= 0.3 is 0 Å². The highest BCUT2D eigenvalue weighted by Crippen LogP contribution is 2.44. The van der Waals surface area contributed by atoms with Crippen LogP contribution in [0.5, 0.6) is 11.5 Å². The quantitative estimate of drug-likeness (QED) is 0.335. The molecule has 0 amide bonds. The van der Waals surface area contributed by atoms with Gasteiger partial charge in [-0.2, -0.15) is 0 Å². The van der Waals surface area contributed by atoms with Gasteiger partial charge in [0.15, 0.2) is 0 Å². The Kier molecular flexibility index (Phi) is 7.67. The first-order valence-electron chi connectivity index (χ1n) is 12.5. The molecule has 0 bridgehead atoms. The van der Waals surface area contributed by atoms with Crippen molar-refractivity contribution in [2.45, 2.75) is 59.0 Å². The number of halogens is 1. The number of carboxylic acids is 1. The molecule has 0 heterocycles. The molecule has 0 N–H and O–H groups in total. The molecule has 36 heavy (non-hydrogen) atoms. The molecule has 4 nitrogen and oxygen atoms in total. The van der Waals surface area contributed by atoms with Crippen LogP contribution in [-0.2, 0) is 17.8 Å². The van der Waals surface area contributed by atoms with Gasteiger partial charge in [-0.25, -0.2) is 4.39 Å². The molecule has 1 fully saturated rings. The molecule has 0 spiro atoms. The zero-order valence-corrected chi connectivity index (χ0v) is 21.5. The van der Waals surface area contributed by atoms with E-state index in [4.69, 9.17) is 9.47 Å². The monoisotopic (exact) mass is 489 g/mol. The van der Waals surface area contributed by atoms with Crippen LogP contribution in [0, 0.1) is 17.2 Å². The summed E-state index contributed by atoms with van der Waals surface area (Å²) in [5.74, 6) is 0.427. The van der Waals surface area contributed by atoms with Crippen molar-refractivity contribution < 1.29 is 23.8 Å². The fraction of sp³-hybridized carbons (Fsp3) is 0.387. The highest BCUT2D eigenvalue weighted by Gasteiger charge is 2.32. The van der Waals surface area contributed by atoms with Gasteiger partial charge in [0.05, 0.1) is 7.11 Å². The minimum atomic E-state index is -1.01. The lowest BCUT2D eigenvalue weighted by molar-refractivity contribution is -0.306. The van der Waals surface area contributed by atoms with Crippen LogP contribution >= 0.6 is 0 Å². The van der Waals surface area contributed by atoms with E-state index in [1.807, 2.05) is 42.5 Å². The Balaban J connectivity index is 1.57. The van der Waals surface area contributed by atoms with Gasteiger partial charge in [-0.15, -0.1) is 0 Å². The molecule has 1 atom stereocenters. The predicted molar refractivity (Wildman–Crippen MR) is 137 cm³/mol. The molecule has 0 aromatic heterocycles. The number of rotatable bonds is 10. The van der Waals surface area contributed by atoms with Gasteiger partial charge in [-0.3, -0.25) is 0 Å². The maximum absolute atomic E-state index is 14.8. The third-order valence-corrected chi connectivity index (χ3v) is 6.62. The fourth-order valence-electron chi connectivity index (χ4n) is 4.79. The summed E-state index contributed by atoms with van der Waals surface area (Å²) in [7, 11) is 1.57. The van der Waals surface area contributed by atoms with Crippen LogP contribution in [0.2, 0.25) is 0 Å². The lowest BCUT2D eigenvalue weighted by Crippen LogP contribution is -2.25. The van der Waals surface area contributed by atoms with Gasteiger partial charge in [0.1, 0.15) is 23.9 Å². The molecule has 1 unspecified atom stereocenters. The highest BCUT2D eigenvalue weighted by atomic mass is 19.1. The summed E-state index contributed by atoms with van der Waals surface area (Å²) >= 11 is 0. The lowest BCUT2D eigenvalue weighted by atomic mass is 9.84. The summed E-state index contributed by atoms with van der Waals surface area (Å²) in [5.41, 5.74) is 4.34. The number of carboxylic acid groups (broad SMARTS) is 1. The molecule has 1 aliphatic carbocycles. The molecular weight excluding hydrogens is 455 g/mol. The molecule has 190 valence electrons. The molecule has 3 aromatic carbocycles. The van der Waals surface area contributed by atoms with Crippen LogP contribution in [0.15, 0.2) is 60.7 Å². The maximum atomic E-state index is 14.8. The first kappa shape index (κ1) is 25.7. The van der Waals surface area contributed by atoms with Crippen molar-refractivity contribution >= 4 is 5.97 Å². The van der Waals surface area contributed by atoms with Crippen LogP contribution in [0.3, 0.4) is 0 Å². The molecule has 0 aliphatic heterocycles. The second-order valence-corrected chi connectivity index (χ2v) is 11.0. The highest BCUT2D eigenvalue weighted by molar-refractivity contribution is 5.70. The number of methoxy groups -OCH3 is 1. The van der Waals surface area contributed by atoms with Crippen molar-refractivity contribution in [3.63, 3.8) is 0 Å². The Labute approximate surface area is 213 Å². The summed E-state index contributed by atoms with van der Waals surface area (Å²) < 4.78 is 26.3. The summed E-state index contributed by atoms with van der Waals surface area (Å²) in [5, 5.41) is 11.3. The number of hydrogen-bond donors (Lipinski definition) is 0. The van der Waals surface area contributed by atoms with Crippen LogP contribution in [-0.4, -0.2) is 13.1 Å². The van der Waals surface area contributed by atoms with Crippen molar-refractivity contribution in [2.24, 2.45) is 11.3 Å². The van der Waals surface area contributed by atoms with Crippen molar-refractivity contribution in [1.82, 2.24) is 0 Å². The number of benzene rings is 3. The third kappa shape index (κ3) is 6.66. The van der Waals surface area contributed by atoms with E-state index in [1.54, 1.807) is 19.2 Å². The van der Waals surface area contributed by atoms with Crippen LogP contribution in [0.1, 0.15) is 62.6 Å². The Morgan fingerprint density at radius 1 is 1.03 bits per heavy atom. The Morgan fingerprint density at radius 2 is 1.78 bits per heavy atom. The predicted octanol–water partition coefficient (Wildman–Crippen LogP) is 6.30. The second-order valence-electron chi connectivity index (χ2n) is 11.0. The zero-order chi connectivity index (χ0) is 25.9. The summed E-state index contributed by atoms with van der Waals surface area (Å²) in [6.45, 7) is 6.82. The van der Waals surface area contributed by atoms with Crippen molar-refractivity contribution in [3.05, 3.63) is 83.2 Å². The van der Waals surface area contributed by atoms with Crippen molar-refractivity contribution in [2.75, 3.05) is 7.11 Å². The first-order chi connectivity index (χ1) is 17.1. The minimum absolute atomic E-state index is 0.00608. The second kappa shape index (κ2) is 10.7. The van der Waals surface area contributed by atoms with E-state index in [1.165, 1.54) is 6.07 Å². The molecule has 4 rings (SSSR count). The average Bonchev–Trinajstić information content (AvgIpc) is 3.66.